The molecule has 1 radical (unpaired) electrons. The summed E-state index contributed by atoms with van der Waals surface area (Å²) in [5.41, 5.74) is 6.20. The minimum atomic E-state index is 0.526. The van der Waals surface area contributed by atoms with Crippen LogP contribution < -0.4 is 9.47 Å². The number of ether oxygens (including phenoxy) is 2. The van der Waals surface area contributed by atoms with E-state index in [0.717, 1.165) is 47.8 Å². The van der Waals surface area contributed by atoms with Gasteiger partial charge in [0.1, 0.15) is 24.7 Å². The Balaban J connectivity index is 1.19. The van der Waals surface area contributed by atoms with E-state index in [2.05, 4.69) is 59.7 Å². The highest BCUT2D eigenvalue weighted by molar-refractivity contribution is 5.78. The Morgan fingerprint density at radius 2 is 1.12 bits per heavy atom. The number of carbonyl (C=O) groups excluding carboxylic acids is 1. The van der Waals surface area contributed by atoms with E-state index >= 15 is 0 Å². The summed E-state index contributed by atoms with van der Waals surface area (Å²) in [6.45, 7) is 3.52. The molecule has 0 aliphatic carbocycles. The molecule has 41 heavy (non-hydrogen) atoms. The Morgan fingerprint density at radius 3 is 1.71 bits per heavy atom. The van der Waals surface area contributed by atoms with Crippen molar-refractivity contribution in [1.29, 1.82) is 0 Å². The quantitative estimate of drug-likeness (QED) is 0.147. The molecule has 0 atom stereocenters. The van der Waals surface area contributed by atoms with Gasteiger partial charge in [-0.3, -0.25) is 9.69 Å². The SMILES string of the molecule is O=[C]c1ccc(OCCN(Cc2ccccc2)Cc2ccccc2)cc1Cc1ccc(OCc2ccccc2)cc1. The number of rotatable bonds is 14. The summed E-state index contributed by atoms with van der Waals surface area (Å²) >= 11 is 0. The number of hydrogen-bond acceptors (Lipinski definition) is 4. The molecule has 0 spiro atoms. The van der Waals surface area contributed by atoms with Crippen molar-refractivity contribution in [1.82, 2.24) is 4.90 Å². The Morgan fingerprint density at radius 1 is 0.561 bits per heavy atom. The molecule has 0 saturated heterocycles. The maximum absolute atomic E-state index is 11.7. The van der Waals surface area contributed by atoms with E-state index in [-0.39, 0.29) is 0 Å². The molecule has 5 aromatic rings. The van der Waals surface area contributed by atoms with Gasteiger partial charge < -0.3 is 9.47 Å². The molecule has 0 heterocycles. The summed E-state index contributed by atoms with van der Waals surface area (Å²) in [5.74, 6) is 1.56. The molecular formula is C37H34NO3. The fourth-order valence-electron chi connectivity index (χ4n) is 4.76. The highest BCUT2D eigenvalue weighted by atomic mass is 16.5. The molecule has 0 amide bonds. The van der Waals surface area contributed by atoms with E-state index in [4.69, 9.17) is 9.47 Å². The first-order valence-corrected chi connectivity index (χ1v) is 13.9. The second-order valence-electron chi connectivity index (χ2n) is 10.0. The third-order valence-electron chi connectivity index (χ3n) is 6.93. The Labute approximate surface area is 242 Å². The van der Waals surface area contributed by atoms with Crippen molar-refractivity contribution < 1.29 is 14.3 Å². The van der Waals surface area contributed by atoms with Gasteiger partial charge in [0.05, 0.1) is 0 Å². The van der Waals surface area contributed by atoms with Crippen molar-refractivity contribution in [2.24, 2.45) is 0 Å². The first-order chi connectivity index (χ1) is 20.2. The first-order valence-electron chi connectivity index (χ1n) is 13.9. The zero-order valence-corrected chi connectivity index (χ0v) is 23.1. The van der Waals surface area contributed by atoms with E-state index in [1.807, 2.05) is 78.9 Å². The number of benzene rings is 5. The fourth-order valence-corrected chi connectivity index (χ4v) is 4.76. The lowest BCUT2D eigenvalue weighted by Gasteiger charge is -2.23. The maximum atomic E-state index is 11.7. The largest absolute Gasteiger partial charge is 0.492 e. The smallest absolute Gasteiger partial charge is 0.233 e. The Kier molecular flexibility index (Phi) is 9.96. The van der Waals surface area contributed by atoms with Gasteiger partial charge in [-0.15, -0.1) is 0 Å². The van der Waals surface area contributed by atoms with Gasteiger partial charge in [0.15, 0.2) is 0 Å². The van der Waals surface area contributed by atoms with Crippen molar-refractivity contribution in [3.8, 4) is 11.5 Å². The number of hydrogen-bond donors (Lipinski definition) is 0. The van der Waals surface area contributed by atoms with E-state index in [1.54, 1.807) is 6.07 Å². The molecule has 5 rings (SSSR count). The highest BCUT2D eigenvalue weighted by Gasteiger charge is 2.10. The van der Waals surface area contributed by atoms with Gasteiger partial charge in [0.25, 0.3) is 0 Å². The van der Waals surface area contributed by atoms with Gasteiger partial charge in [-0.05, 0) is 64.6 Å². The van der Waals surface area contributed by atoms with Crippen LogP contribution in [0.1, 0.15) is 33.4 Å². The summed E-state index contributed by atoms with van der Waals surface area (Å²) in [4.78, 5) is 14.1. The van der Waals surface area contributed by atoms with Crippen LogP contribution in [0.4, 0.5) is 0 Å². The second kappa shape index (κ2) is 14.6. The van der Waals surface area contributed by atoms with Gasteiger partial charge >= 0.3 is 0 Å². The standard InChI is InChI=1S/C37H34NO3/c39-28-34-18-21-37(25-35(34)24-30-16-19-36(20-17-30)41-29-33-14-8-3-9-15-33)40-23-22-38(26-31-10-4-1-5-11-31)27-32-12-6-2-7-13-32/h1-21,25H,22-24,26-27,29H2. The third kappa shape index (κ3) is 8.66. The predicted octanol–water partition coefficient (Wildman–Crippen LogP) is 7.40. The normalized spacial score (nSPS) is 10.9. The molecule has 0 bridgehead atoms. The third-order valence-corrected chi connectivity index (χ3v) is 6.93. The topological polar surface area (TPSA) is 38.8 Å². The molecule has 0 unspecified atom stereocenters. The molecule has 0 aliphatic rings. The zero-order chi connectivity index (χ0) is 28.1. The number of nitrogens with zero attached hydrogens (tertiary/aromatic N) is 1. The van der Waals surface area contributed by atoms with Crippen molar-refractivity contribution >= 4 is 6.29 Å². The Bertz CT molecular complexity index is 1450. The molecule has 4 nitrogen and oxygen atoms in total. The zero-order valence-electron chi connectivity index (χ0n) is 23.1. The lowest BCUT2D eigenvalue weighted by atomic mass is 10.00. The molecule has 4 heteroatoms. The fraction of sp³-hybridized carbons (Fsp3) is 0.162. The first kappa shape index (κ1) is 27.9. The Hall–Kier alpha value is -4.67. The van der Waals surface area contributed by atoms with Gasteiger partial charge in [0, 0.05) is 25.2 Å². The molecule has 5 aromatic carbocycles. The minimum Gasteiger partial charge on any atom is -0.492 e. The summed E-state index contributed by atoms with van der Waals surface area (Å²) in [6.07, 6.45) is 2.69. The molecule has 0 fully saturated rings. The van der Waals surface area contributed by atoms with Crippen LogP contribution >= 0.6 is 0 Å². The summed E-state index contributed by atoms with van der Waals surface area (Å²) in [5, 5.41) is 0. The van der Waals surface area contributed by atoms with Crippen molar-refractivity contribution in [3.05, 3.63) is 167 Å². The van der Waals surface area contributed by atoms with Gasteiger partial charge in [0.2, 0.25) is 6.29 Å². The average molecular weight is 541 g/mol. The van der Waals surface area contributed by atoms with Crippen LogP contribution in [0, 0.1) is 0 Å². The molecule has 205 valence electrons. The molecule has 0 aliphatic heterocycles. The predicted molar refractivity (Wildman–Crippen MR) is 164 cm³/mol. The van der Waals surface area contributed by atoms with Crippen molar-refractivity contribution in [2.45, 2.75) is 26.1 Å². The monoisotopic (exact) mass is 540 g/mol. The summed E-state index contributed by atoms with van der Waals surface area (Å²) in [6, 6.07) is 44.7. The van der Waals surface area contributed by atoms with E-state index < -0.39 is 0 Å². The van der Waals surface area contributed by atoms with E-state index in [0.29, 0.717) is 25.2 Å². The van der Waals surface area contributed by atoms with Crippen LogP contribution in [0.15, 0.2) is 133 Å². The van der Waals surface area contributed by atoms with E-state index in [1.165, 1.54) is 11.1 Å². The lowest BCUT2D eigenvalue weighted by molar-refractivity contribution is 0.196. The summed E-state index contributed by atoms with van der Waals surface area (Å²) < 4.78 is 12.1. The minimum absolute atomic E-state index is 0.526. The van der Waals surface area contributed by atoms with Crippen molar-refractivity contribution in [3.63, 3.8) is 0 Å². The van der Waals surface area contributed by atoms with Crippen LogP contribution in [0.5, 0.6) is 11.5 Å². The van der Waals surface area contributed by atoms with Gasteiger partial charge in [-0.25, -0.2) is 0 Å². The molecule has 0 aromatic heterocycles. The van der Waals surface area contributed by atoms with Gasteiger partial charge in [-0.1, -0.05) is 103 Å². The van der Waals surface area contributed by atoms with E-state index in [9.17, 15) is 4.79 Å². The van der Waals surface area contributed by atoms with Crippen LogP contribution in [-0.4, -0.2) is 24.3 Å². The molecular weight excluding hydrogens is 506 g/mol. The van der Waals surface area contributed by atoms with Crippen LogP contribution in [0.25, 0.3) is 0 Å². The van der Waals surface area contributed by atoms with Crippen LogP contribution in [0.2, 0.25) is 0 Å². The van der Waals surface area contributed by atoms with Crippen molar-refractivity contribution in [2.75, 3.05) is 13.2 Å². The average Bonchev–Trinajstić information content (AvgIpc) is 3.02. The maximum Gasteiger partial charge on any atom is 0.233 e. The van der Waals surface area contributed by atoms with Gasteiger partial charge in [-0.2, -0.15) is 0 Å². The van der Waals surface area contributed by atoms with Crippen LogP contribution in [0.3, 0.4) is 0 Å². The second-order valence-corrected chi connectivity index (χ2v) is 10.0. The summed E-state index contributed by atoms with van der Waals surface area (Å²) in [7, 11) is 0. The lowest BCUT2D eigenvalue weighted by Crippen LogP contribution is -2.27. The molecule has 0 N–H and O–H groups in total. The highest BCUT2D eigenvalue weighted by Crippen LogP contribution is 2.22. The molecule has 0 saturated carbocycles. The van der Waals surface area contributed by atoms with Crippen LogP contribution in [-0.2, 0) is 30.9 Å².